The first kappa shape index (κ1) is 23.0. The van der Waals surface area contributed by atoms with Crippen molar-refractivity contribution in [2.45, 2.75) is 40.0 Å². The van der Waals surface area contributed by atoms with Crippen LogP contribution in [0.15, 0.2) is 53.3 Å². The van der Waals surface area contributed by atoms with Crippen molar-refractivity contribution in [3.8, 4) is 17.1 Å². The molecule has 33 heavy (non-hydrogen) atoms. The number of hydrogen-bond donors (Lipinski definition) is 0. The Morgan fingerprint density at radius 1 is 1.00 bits per heavy atom. The SMILES string of the molecule is CCCCCOc1ccc(-c2nc3s/c(=C\c4ccc(N(CC)CC)cc4)c(=O)n3n2)cc1. The molecule has 4 aromatic rings. The molecule has 172 valence electrons. The maximum atomic E-state index is 12.9. The Hall–Kier alpha value is -3.19. The lowest BCUT2D eigenvalue weighted by atomic mass is 10.2. The maximum absolute atomic E-state index is 12.9. The molecule has 7 heteroatoms. The van der Waals surface area contributed by atoms with Crippen molar-refractivity contribution in [2.24, 2.45) is 0 Å². The van der Waals surface area contributed by atoms with Gasteiger partial charge in [-0.25, -0.2) is 0 Å². The molecule has 2 aromatic heterocycles. The van der Waals surface area contributed by atoms with Gasteiger partial charge in [-0.3, -0.25) is 4.79 Å². The minimum atomic E-state index is -0.141. The first-order valence-electron chi connectivity index (χ1n) is 11.6. The average molecular weight is 463 g/mol. The van der Waals surface area contributed by atoms with Crippen molar-refractivity contribution in [3.63, 3.8) is 0 Å². The quantitative estimate of drug-likeness (QED) is 0.318. The lowest BCUT2D eigenvalue weighted by Gasteiger charge is -2.20. The zero-order chi connectivity index (χ0) is 23.2. The second-order valence-corrected chi connectivity index (χ2v) is 8.90. The largest absolute Gasteiger partial charge is 0.494 e. The van der Waals surface area contributed by atoms with Crippen LogP contribution in [0, 0.1) is 0 Å². The van der Waals surface area contributed by atoms with Gasteiger partial charge in [0.05, 0.1) is 11.1 Å². The molecule has 0 radical (unpaired) electrons. The third-order valence-corrected chi connectivity index (χ3v) is 6.59. The van der Waals surface area contributed by atoms with E-state index in [2.05, 4.69) is 47.9 Å². The molecule has 4 rings (SSSR count). The van der Waals surface area contributed by atoms with Gasteiger partial charge in [0.1, 0.15) is 5.75 Å². The number of ether oxygens (including phenoxy) is 1. The Labute approximate surface area is 198 Å². The third kappa shape index (κ3) is 5.25. The number of rotatable bonds is 10. The monoisotopic (exact) mass is 462 g/mol. The standard InChI is InChI=1S/C26H30N4O2S/c1-4-7-8-17-32-22-15-11-20(12-16-22)24-27-26-30(28-24)25(31)23(33-26)18-19-9-13-21(14-10-19)29(5-2)6-3/h9-16,18H,4-8,17H2,1-3H3/b23-18-. The van der Waals surface area contributed by atoms with Crippen LogP contribution in [0.2, 0.25) is 0 Å². The highest BCUT2D eigenvalue weighted by molar-refractivity contribution is 7.15. The summed E-state index contributed by atoms with van der Waals surface area (Å²) >= 11 is 1.36. The third-order valence-electron chi connectivity index (χ3n) is 5.63. The normalized spacial score (nSPS) is 11.9. The van der Waals surface area contributed by atoms with E-state index in [1.54, 1.807) is 0 Å². The van der Waals surface area contributed by atoms with Gasteiger partial charge in [0.2, 0.25) is 4.96 Å². The van der Waals surface area contributed by atoms with E-state index in [1.807, 2.05) is 42.5 Å². The van der Waals surface area contributed by atoms with Gasteiger partial charge in [0.25, 0.3) is 5.56 Å². The average Bonchev–Trinajstić information content (AvgIpc) is 3.38. The van der Waals surface area contributed by atoms with Crippen LogP contribution < -0.4 is 19.7 Å². The number of aromatic nitrogens is 3. The Bertz CT molecular complexity index is 1290. The summed E-state index contributed by atoms with van der Waals surface area (Å²) < 4.78 is 7.79. The van der Waals surface area contributed by atoms with Gasteiger partial charge >= 0.3 is 0 Å². The second kappa shape index (κ2) is 10.6. The fraction of sp³-hybridized carbons (Fsp3) is 0.346. The second-order valence-electron chi connectivity index (χ2n) is 7.89. The molecule has 0 fully saturated rings. The summed E-state index contributed by atoms with van der Waals surface area (Å²) in [5, 5.41) is 4.46. The predicted octanol–water partition coefficient (Wildman–Crippen LogP) is 4.78. The summed E-state index contributed by atoms with van der Waals surface area (Å²) in [7, 11) is 0. The molecular weight excluding hydrogens is 432 g/mol. The number of benzene rings is 2. The van der Waals surface area contributed by atoms with Crippen LogP contribution in [-0.2, 0) is 0 Å². The highest BCUT2D eigenvalue weighted by Gasteiger charge is 2.12. The van der Waals surface area contributed by atoms with Crippen molar-refractivity contribution < 1.29 is 4.74 Å². The zero-order valence-electron chi connectivity index (χ0n) is 19.5. The van der Waals surface area contributed by atoms with E-state index in [4.69, 9.17) is 4.74 Å². The summed E-state index contributed by atoms with van der Waals surface area (Å²) in [6.07, 6.45) is 5.31. The fourth-order valence-corrected chi connectivity index (χ4v) is 4.63. The molecule has 0 atom stereocenters. The van der Waals surface area contributed by atoms with Gasteiger partial charge in [-0.05, 0) is 68.3 Å². The summed E-state index contributed by atoms with van der Waals surface area (Å²) in [6, 6.07) is 16.0. The van der Waals surface area contributed by atoms with E-state index in [0.717, 1.165) is 43.0 Å². The van der Waals surface area contributed by atoms with Crippen LogP contribution in [-0.4, -0.2) is 34.3 Å². The van der Waals surface area contributed by atoms with Crippen LogP contribution in [0.3, 0.4) is 0 Å². The lowest BCUT2D eigenvalue weighted by molar-refractivity contribution is 0.306. The minimum Gasteiger partial charge on any atom is -0.494 e. The molecule has 0 N–H and O–H groups in total. The van der Waals surface area contributed by atoms with E-state index in [9.17, 15) is 4.79 Å². The van der Waals surface area contributed by atoms with Crippen LogP contribution in [0.4, 0.5) is 5.69 Å². The molecule has 2 aromatic carbocycles. The van der Waals surface area contributed by atoms with Gasteiger partial charge in [-0.1, -0.05) is 43.2 Å². The zero-order valence-corrected chi connectivity index (χ0v) is 20.3. The number of nitrogens with zero attached hydrogens (tertiary/aromatic N) is 4. The van der Waals surface area contributed by atoms with Crippen LogP contribution >= 0.6 is 11.3 Å². The van der Waals surface area contributed by atoms with Gasteiger partial charge in [0, 0.05) is 24.3 Å². The van der Waals surface area contributed by atoms with E-state index in [1.165, 1.54) is 34.4 Å². The first-order valence-corrected chi connectivity index (χ1v) is 12.4. The van der Waals surface area contributed by atoms with Gasteiger partial charge in [-0.2, -0.15) is 9.50 Å². The van der Waals surface area contributed by atoms with Crippen molar-refractivity contribution >= 4 is 28.1 Å². The molecule has 0 unspecified atom stereocenters. The summed E-state index contributed by atoms with van der Waals surface area (Å²) in [5.74, 6) is 1.38. The number of anilines is 1. The van der Waals surface area contributed by atoms with Crippen LogP contribution in [0.5, 0.6) is 5.75 Å². The molecule has 0 amide bonds. The number of fused-ring (bicyclic) bond motifs is 1. The lowest BCUT2D eigenvalue weighted by Crippen LogP contribution is -2.23. The van der Waals surface area contributed by atoms with E-state index >= 15 is 0 Å². The Balaban J connectivity index is 1.52. The highest BCUT2D eigenvalue weighted by atomic mass is 32.1. The number of thiazole rings is 1. The smallest absolute Gasteiger partial charge is 0.291 e. The van der Waals surface area contributed by atoms with Crippen molar-refractivity contribution in [3.05, 3.63) is 69.0 Å². The van der Waals surface area contributed by atoms with Gasteiger partial charge in [0.15, 0.2) is 5.82 Å². The molecule has 0 saturated carbocycles. The molecule has 0 aliphatic carbocycles. The van der Waals surface area contributed by atoms with Gasteiger partial charge in [-0.15, -0.1) is 5.10 Å². The predicted molar refractivity (Wildman–Crippen MR) is 136 cm³/mol. The first-order chi connectivity index (χ1) is 16.1. The van der Waals surface area contributed by atoms with Gasteiger partial charge < -0.3 is 9.64 Å². The van der Waals surface area contributed by atoms with Crippen molar-refractivity contribution in [1.29, 1.82) is 0 Å². The van der Waals surface area contributed by atoms with E-state index in [-0.39, 0.29) is 5.56 Å². The van der Waals surface area contributed by atoms with E-state index in [0.29, 0.717) is 15.3 Å². The summed E-state index contributed by atoms with van der Waals surface area (Å²) in [6.45, 7) is 9.13. The topological polar surface area (TPSA) is 59.7 Å². The van der Waals surface area contributed by atoms with Crippen molar-refractivity contribution in [2.75, 3.05) is 24.6 Å². The summed E-state index contributed by atoms with van der Waals surface area (Å²) in [4.78, 5) is 20.4. The Morgan fingerprint density at radius 2 is 1.73 bits per heavy atom. The van der Waals surface area contributed by atoms with Crippen molar-refractivity contribution in [1.82, 2.24) is 14.6 Å². The molecule has 0 spiro atoms. The number of hydrogen-bond acceptors (Lipinski definition) is 6. The molecule has 2 heterocycles. The molecule has 0 aliphatic heterocycles. The molecule has 0 bridgehead atoms. The minimum absolute atomic E-state index is 0.141. The molecule has 6 nitrogen and oxygen atoms in total. The molecule has 0 saturated heterocycles. The van der Waals surface area contributed by atoms with Crippen LogP contribution in [0.1, 0.15) is 45.6 Å². The fourth-order valence-electron chi connectivity index (χ4n) is 3.72. The Kier molecular flexibility index (Phi) is 7.40. The highest BCUT2D eigenvalue weighted by Crippen LogP contribution is 2.21. The molecule has 0 aliphatic rings. The Morgan fingerprint density at radius 3 is 2.36 bits per heavy atom. The van der Waals surface area contributed by atoms with Crippen LogP contribution in [0.25, 0.3) is 22.4 Å². The number of unbranched alkanes of at least 4 members (excludes halogenated alkanes) is 2. The maximum Gasteiger partial charge on any atom is 0.291 e. The molecular formula is C26H30N4O2S. The summed E-state index contributed by atoms with van der Waals surface area (Å²) in [5.41, 5.74) is 2.90. The van der Waals surface area contributed by atoms with E-state index < -0.39 is 0 Å².